The Bertz CT molecular complexity index is 1420. The van der Waals surface area contributed by atoms with Crippen LogP contribution in [-0.4, -0.2) is 47.2 Å². The average Bonchev–Trinajstić information content (AvgIpc) is 3.02. The van der Waals surface area contributed by atoms with Gasteiger partial charge in [-0.25, -0.2) is 4.79 Å². The summed E-state index contributed by atoms with van der Waals surface area (Å²) in [5.41, 5.74) is 20.1. The van der Waals surface area contributed by atoms with E-state index in [0.29, 0.717) is 12.6 Å². The molecule has 3 heterocycles. The molecule has 1 aliphatic rings. The van der Waals surface area contributed by atoms with Gasteiger partial charge in [0.2, 0.25) is 0 Å². The Kier molecular flexibility index (Phi) is 9.16. The summed E-state index contributed by atoms with van der Waals surface area (Å²) in [5.74, 6) is 0. The predicted octanol–water partition coefficient (Wildman–Crippen LogP) is 4.30. The van der Waals surface area contributed by atoms with Gasteiger partial charge < -0.3 is 16.8 Å². The summed E-state index contributed by atoms with van der Waals surface area (Å²) in [7, 11) is 1.89. The number of primary amides is 1. The third kappa shape index (κ3) is 6.52. The Morgan fingerprint density at radius 3 is 2.05 bits per heavy atom. The first-order valence-corrected chi connectivity index (χ1v) is 14.3. The van der Waals surface area contributed by atoms with Gasteiger partial charge in [-0.15, -0.1) is 9.60 Å². The second kappa shape index (κ2) is 13.1. The number of quaternary nitrogens is 1. The molecule has 1 aliphatic heterocycles. The van der Waals surface area contributed by atoms with E-state index in [1.807, 2.05) is 74.0 Å². The van der Waals surface area contributed by atoms with Crippen LogP contribution >= 0.6 is 0 Å². The monoisotopic (exact) mass is 550 g/mol. The van der Waals surface area contributed by atoms with Crippen molar-refractivity contribution in [1.29, 1.82) is 0 Å². The molecule has 8 heteroatoms. The minimum Gasteiger partial charge on any atom is -0.326 e. The zero-order chi connectivity index (χ0) is 28.7. The summed E-state index contributed by atoms with van der Waals surface area (Å²) in [6, 6.07) is 26.2. The van der Waals surface area contributed by atoms with Crippen LogP contribution in [0.5, 0.6) is 0 Å². The molecule has 2 amide bonds. The Hall–Kier alpha value is -3.95. The van der Waals surface area contributed by atoms with Crippen molar-refractivity contribution in [3.8, 4) is 0 Å². The van der Waals surface area contributed by atoms with Crippen molar-refractivity contribution in [2.24, 2.45) is 11.5 Å². The number of urea groups is 1. The summed E-state index contributed by atoms with van der Waals surface area (Å²) in [6.45, 7) is 2.73. The summed E-state index contributed by atoms with van der Waals surface area (Å²) in [4.78, 5) is 21.8. The van der Waals surface area contributed by atoms with Gasteiger partial charge in [0.25, 0.3) is 0 Å². The molecule has 1 atom stereocenters. The van der Waals surface area contributed by atoms with Gasteiger partial charge in [-0.3, -0.25) is 9.97 Å². The molecule has 0 spiro atoms. The van der Waals surface area contributed by atoms with Gasteiger partial charge in [0, 0.05) is 67.9 Å². The van der Waals surface area contributed by atoms with Crippen LogP contribution in [0.3, 0.4) is 0 Å². The van der Waals surface area contributed by atoms with Gasteiger partial charge in [-0.05, 0) is 59.4 Å². The third-order valence-electron chi connectivity index (χ3n) is 8.32. The van der Waals surface area contributed by atoms with E-state index in [-0.39, 0.29) is 10.6 Å². The first-order valence-electron chi connectivity index (χ1n) is 14.3. The lowest BCUT2D eigenvalue weighted by molar-refractivity contribution is 0.0196. The standard InChI is InChI=1S/C33H39N7O/c1-40(33(35)41,30-11-3-2-4-12-30)39-19-15-27(16-20-39)38-24-26-14-13-25(21-28-9-5-7-17-36-28)32(23-34)31(26)22-29-10-6-8-18-37-29/h2-14,17-18,27,38H,15-16,19-24,34H2,1H3,(H-,35,41)/p+1. The molecule has 0 bridgehead atoms. The molecule has 1 saturated heterocycles. The SMILES string of the molecule is C[N+](C(N)=O)(c1ccccc1)N1CCC(NCc2ccc(Cc3ccccn3)c(CN)c2Cc2ccccn2)CC1. The summed E-state index contributed by atoms with van der Waals surface area (Å²) in [6.07, 6.45) is 6.99. The van der Waals surface area contributed by atoms with Gasteiger partial charge in [0.1, 0.15) is 7.05 Å². The normalized spacial score (nSPS) is 15.9. The number of carbonyl (C=O) groups excluding carboxylic acids is 1. The molecule has 212 valence electrons. The Morgan fingerprint density at radius 1 is 0.854 bits per heavy atom. The summed E-state index contributed by atoms with van der Waals surface area (Å²) < 4.78 is -0.0145. The number of nitrogens with one attached hydrogen (secondary N) is 1. The predicted molar refractivity (Wildman–Crippen MR) is 164 cm³/mol. The van der Waals surface area contributed by atoms with Crippen molar-refractivity contribution >= 4 is 11.7 Å². The topological polar surface area (TPSA) is 110 Å². The highest BCUT2D eigenvalue weighted by Crippen LogP contribution is 2.28. The maximum Gasteiger partial charge on any atom is 0.438 e. The number of piperidine rings is 1. The smallest absolute Gasteiger partial charge is 0.326 e. The van der Waals surface area contributed by atoms with Gasteiger partial charge in [-0.2, -0.15) is 0 Å². The maximum absolute atomic E-state index is 12.6. The number of aromatic nitrogens is 2. The van der Waals surface area contributed by atoms with Gasteiger partial charge >= 0.3 is 6.03 Å². The van der Waals surface area contributed by atoms with E-state index in [2.05, 4.69) is 44.6 Å². The average molecular weight is 551 g/mol. The number of hydrogen-bond acceptors (Lipinski definition) is 6. The molecule has 4 aromatic rings. The van der Waals surface area contributed by atoms with Crippen LogP contribution in [0, 0.1) is 0 Å². The van der Waals surface area contributed by atoms with E-state index in [0.717, 1.165) is 62.4 Å². The fourth-order valence-corrected chi connectivity index (χ4v) is 5.85. The van der Waals surface area contributed by atoms with Gasteiger partial charge in [-0.1, -0.05) is 42.5 Å². The molecule has 1 fully saturated rings. The number of pyridine rings is 2. The van der Waals surface area contributed by atoms with Crippen molar-refractivity contribution in [2.75, 3.05) is 20.1 Å². The number of nitrogens with zero attached hydrogens (tertiary/aromatic N) is 4. The van der Waals surface area contributed by atoms with E-state index in [9.17, 15) is 4.79 Å². The van der Waals surface area contributed by atoms with Gasteiger partial charge in [0.15, 0.2) is 5.69 Å². The molecule has 5 N–H and O–H groups in total. The highest BCUT2D eigenvalue weighted by atomic mass is 16.2. The lowest BCUT2D eigenvalue weighted by atomic mass is 9.90. The number of amides is 2. The number of carbonyl (C=O) groups is 1. The summed E-state index contributed by atoms with van der Waals surface area (Å²) in [5, 5.41) is 5.97. The molecule has 0 saturated carbocycles. The van der Waals surface area contributed by atoms with E-state index < -0.39 is 0 Å². The number of hydrogen-bond donors (Lipinski definition) is 3. The van der Waals surface area contributed by atoms with Crippen LogP contribution in [0.1, 0.15) is 46.5 Å². The zero-order valence-electron chi connectivity index (χ0n) is 23.7. The van der Waals surface area contributed by atoms with Crippen LogP contribution in [0.25, 0.3) is 0 Å². The van der Waals surface area contributed by atoms with Crippen molar-refractivity contribution < 1.29 is 4.79 Å². The highest BCUT2D eigenvalue weighted by molar-refractivity contribution is 5.84. The second-order valence-electron chi connectivity index (χ2n) is 10.8. The highest BCUT2D eigenvalue weighted by Gasteiger charge is 2.41. The zero-order valence-corrected chi connectivity index (χ0v) is 23.7. The Balaban J connectivity index is 1.32. The molecule has 0 radical (unpaired) electrons. The molecular formula is C33H40N7O+. The van der Waals surface area contributed by atoms with Crippen molar-refractivity contribution in [3.63, 3.8) is 0 Å². The molecule has 5 rings (SSSR count). The molecule has 2 aromatic heterocycles. The molecule has 0 aliphatic carbocycles. The van der Waals surface area contributed by atoms with E-state index >= 15 is 0 Å². The second-order valence-corrected chi connectivity index (χ2v) is 10.8. The van der Waals surface area contributed by atoms with Crippen molar-refractivity contribution in [2.45, 2.75) is 44.8 Å². The minimum absolute atomic E-state index is 0.0145. The summed E-state index contributed by atoms with van der Waals surface area (Å²) >= 11 is 0. The fourth-order valence-electron chi connectivity index (χ4n) is 5.85. The van der Waals surface area contributed by atoms with Gasteiger partial charge in [0.05, 0.1) is 13.1 Å². The molecular weight excluding hydrogens is 510 g/mol. The van der Waals surface area contributed by atoms with Crippen LogP contribution in [0.15, 0.2) is 91.3 Å². The lowest BCUT2D eigenvalue weighted by Crippen LogP contribution is -2.67. The molecule has 1 unspecified atom stereocenters. The van der Waals surface area contributed by atoms with Crippen LogP contribution < -0.4 is 21.4 Å². The molecule has 2 aromatic carbocycles. The Morgan fingerprint density at radius 2 is 1.46 bits per heavy atom. The van der Waals surface area contributed by atoms with Crippen molar-refractivity contribution in [3.05, 3.63) is 125 Å². The van der Waals surface area contributed by atoms with Crippen LogP contribution in [0.4, 0.5) is 10.5 Å². The third-order valence-corrected chi connectivity index (χ3v) is 8.32. The Labute approximate surface area is 242 Å². The van der Waals surface area contributed by atoms with E-state index in [4.69, 9.17) is 11.5 Å². The maximum atomic E-state index is 12.6. The molecule has 41 heavy (non-hydrogen) atoms. The minimum atomic E-state index is -0.373. The number of rotatable bonds is 10. The fraction of sp³-hybridized carbons (Fsp3) is 0.303. The molecule has 8 nitrogen and oxygen atoms in total. The quantitative estimate of drug-likeness (QED) is 0.254. The first kappa shape index (κ1) is 28.6. The largest absolute Gasteiger partial charge is 0.438 e. The number of nitrogens with two attached hydrogens (primary N) is 2. The first-order chi connectivity index (χ1) is 20.0. The van der Waals surface area contributed by atoms with E-state index in [1.165, 1.54) is 22.3 Å². The van der Waals surface area contributed by atoms with Crippen molar-refractivity contribution in [1.82, 2.24) is 24.9 Å². The van der Waals surface area contributed by atoms with Crippen LogP contribution in [-0.2, 0) is 25.9 Å². The van der Waals surface area contributed by atoms with Crippen LogP contribution in [0.2, 0.25) is 0 Å². The number of para-hydroxylation sites is 1. The number of benzene rings is 2. The lowest BCUT2D eigenvalue weighted by Gasteiger charge is -2.42. The van der Waals surface area contributed by atoms with E-state index in [1.54, 1.807) is 0 Å².